The third-order valence-electron chi connectivity index (χ3n) is 16.4. The lowest BCUT2D eigenvalue weighted by Gasteiger charge is -2.41. The first-order valence-electron chi connectivity index (χ1n) is 36.7. The Labute approximate surface area is 726 Å². The largest absolute Gasteiger partial charge is 0.671 e. The number of rotatable bonds is 75. The SMILES string of the molecule is CCCCCCC[Si](O[Si](OC)(OC)OC)(O[Si](OC)(OC)OC)O[Si](OC)(OC)OC.CCCCC[Si](O[Si](OC)(OC)OC)(O[Si](OC)(OC)OC)O[Si](OC)(OC)OC.CCCC[Si](O[Si](OC)(OC)OC)(O[Si](OC)(OC)OC)O[Si](OC)(OC)OC.CCC[Si](O[Si](OC)(OC)OC)(O[Si](OC)(OC)OC)O[Si](OC)(OC)OC. The lowest BCUT2D eigenvalue weighted by molar-refractivity contribution is -0.0287. The van der Waals surface area contributed by atoms with E-state index in [1.807, 2.05) is 13.8 Å². The fourth-order valence-corrected chi connectivity index (χ4v) is 60.3. The van der Waals surface area contributed by atoms with Crippen LogP contribution in [0.2, 0.25) is 24.2 Å². The van der Waals surface area contributed by atoms with E-state index in [-0.39, 0.29) is 6.04 Å². The Hall–Kier alpha value is 1.55. The van der Waals surface area contributed by atoms with Gasteiger partial charge in [0.25, 0.3) is 0 Å². The minimum atomic E-state index is -3.89. The molecule has 0 aromatic carbocycles. The molecule has 119 heavy (non-hydrogen) atoms. The molecule has 0 heterocycles. The van der Waals surface area contributed by atoms with E-state index in [0.29, 0.717) is 43.8 Å². The molecule has 0 fully saturated rings. The first kappa shape index (κ1) is 127. The van der Waals surface area contributed by atoms with Gasteiger partial charge < -0.3 is 209 Å². The van der Waals surface area contributed by atoms with Crippen molar-refractivity contribution in [3.63, 3.8) is 0 Å². The van der Waals surface area contributed by atoms with Gasteiger partial charge in [0.2, 0.25) is 0 Å². The lowest BCUT2D eigenvalue weighted by atomic mass is 10.2. The van der Waals surface area contributed by atoms with E-state index in [9.17, 15) is 0 Å². The zero-order valence-electron chi connectivity index (χ0n) is 78.2. The van der Waals surface area contributed by atoms with Crippen LogP contribution in [0.15, 0.2) is 0 Å². The molecule has 0 saturated carbocycles. The van der Waals surface area contributed by atoms with Gasteiger partial charge in [-0.25, -0.2) is 0 Å². The summed E-state index contributed by atoms with van der Waals surface area (Å²) < 4.78 is 272. The van der Waals surface area contributed by atoms with E-state index in [2.05, 4.69) is 13.8 Å². The zero-order valence-corrected chi connectivity index (χ0v) is 94.2. The van der Waals surface area contributed by atoms with E-state index in [4.69, 9.17) is 209 Å². The van der Waals surface area contributed by atoms with Gasteiger partial charge in [-0.15, -0.1) is 0 Å². The quantitative estimate of drug-likeness (QED) is 0.0584. The van der Waals surface area contributed by atoms with Gasteiger partial charge in [-0.05, 0) is 19.3 Å². The normalized spacial score (nSPS) is 13.8. The van der Waals surface area contributed by atoms with Gasteiger partial charge in [0, 0.05) is 280 Å². The molecule has 0 amide bonds. The van der Waals surface area contributed by atoms with Gasteiger partial charge in [-0.1, -0.05) is 79.1 Å². The summed E-state index contributed by atoms with van der Waals surface area (Å²) in [5.74, 6) is 0. The number of unbranched alkanes of at least 4 members (excludes halogenated alkanes) is 7. The second-order valence-electron chi connectivity index (χ2n) is 22.8. The summed E-state index contributed by atoms with van der Waals surface area (Å²) in [6.45, 7) is 8.14. The molecule has 0 aromatic heterocycles. The monoisotopic (exact) mass is 2030 g/mol. The van der Waals surface area contributed by atoms with Crippen molar-refractivity contribution in [2.24, 2.45) is 0 Å². The lowest BCUT2D eigenvalue weighted by Crippen LogP contribution is -2.69. The highest BCUT2D eigenvalue weighted by molar-refractivity contribution is 6.85. The van der Waals surface area contributed by atoms with Crippen molar-refractivity contribution in [1.82, 2.24) is 0 Å². The van der Waals surface area contributed by atoms with Crippen LogP contribution in [0.5, 0.6) is 0 Å². The molecular weight excluding hydrogens is 1880 g/mol. The Morgan fingerprint density at radius 2 is 0.210 bits per heavy atom. The van der Waals surface area contributed by atoms with E-state index >= 15 is 0 Å². The first-order valence-corrected chi connectivity index (χ1v) is 64.0. The van der Waals surface area contributed by atoms with Crippen LogP contribution >= 0.6 is 0 Å². The summed E-state index contributed by atoms with van der Waals surface area (Å²) in [4.78, 5) is 0. The van der Waals surface area contributed by atoms with E-state index in [0.717, 1.165) is 44.9 Å². The fraction of sp³-hybridized carbons (Fsp3) is 1.00. The molecule has 0 radical (unpaired) electrons. The van der Waals surface area contributed by atoms with E-state index in [1.165, 1.54) is 256 Å². The van der Waals surface area contributed by atoms with Crippen molar-refractivity contribution in [2.75, 3.05) is 256 Å². The summed E-state index contributed by atoms with van der Waals surface area (Å²) in [6.07, 6.45) is 9.50. The summed E-state index contributed by atoms with van der Waals surface area (Å²) in [5, 5.41) is 0. The predicted octanol–water partition coefficient (Wildman–Crippen LogP) is 4.77. The molecule has 0 bridgehead atoms. The van der Waals surface area contributed by atoms with Gasteiger partial charge in [0.05, 0.1) is 0 Å². The molecule has 0 aliphatic heterocycles. The second-order valence-corrected chi connectivity index (χ2v) is 66.7. The summed E-state index contributed by atoms with van der Waals surface area (Å²) >= 11 is 0. The molecule has 0 atom stereocenters. The Morgan fingerprint density at radius 1 is 0.109 bits per heavy atom. The van der Waals surface area contributed by atoms with Crippen LogP contribution in [0.25, 0.3) is 0 Å². The molecule has 0 aromatic rings. The highest BCUT2D eigenvalue weighted by atomic mass is 28.6. The molecular formula is C55H150O48Si16. The Kier molecular flexibility index (Phi) is 69.5. The number of hydrogen-bond donors (Lipinski definition) is 0. The van der Waals surface area contributed by atoms with Gasteiger partial charge in [-0.2, -0.15) is 0 Å². The van der Waals surface area contributed by atoms with Crippen molar-refractivity contribution in [3.05, 3.63) is 0 Å². The van der Waals surface area contributed by atoms with Gasteiger partial charge in [0.15, 0.2) is 0 Å². The minimum absolute atomic E-state index is 0.285. The van der Waals surface area contributed by atoms with Crippen molar-refractivity contribution in [1.29, 1.82) is 0 Å². The third kappa shape index (κ3) is 39.5. The van der Waals surface area contributed by atoms with Crippen LogP contribution < -0.4 is 0 Å². The third-order valence-corrected chi connectivity index (χ3v) is 65.4. The Morgan fingerprint density at radius 3 is 0.328 bits per heavy atom. The van der Waals surface area contributed by atoms with Crippen LogP contribution in [0.3, 0.4) is 0 Å². The van der Waals surface area contributed by atoms with E-state index in [1.54, 1.807) is 0 Å². The van der Waals surface area contributed by atoms with Crippen molar-refractivity contribution in [2.45, 2.75) is 123 Å². The van der Waals surface area contributed by atoms with Crippen molar-refractivity contribution in [3.8, 4) is 0 Å². The van der Waals surface area contributed by atoms with Gasteiger partial charge >= 0.3 is 144 Å². The standard InChI is InChI=1S/C16H42O12Si4.C14H38O12Si4.C13H36O12Si4.C12H34O12Si4/c1-11-12-13-14-15-16-29(26-30(17-2,18-3)19-4,27-31(20-5,21-6)22-7)28-32(23-8,24-9)25-10;1-11-12-13-14-27(24-28(15-2,16-3)17-4,25-29(18-5,19-6)20-7)26-30(21-8,22-9)23-10;1-11-12-13-26(23-27(14-2,15-3)16-4,24-28(17-5,18-6)19-7)25-29(20-8,21-9)22-10;1-11-12-25(22-26(13-2,14-3)15-4,23-27(16-5,17-6)18-7)24-28(19-8,20-9)21-10/h11-16H2,1-10H3;11-14H2,1-10H3;11-13H2,1-10H3;11-12H2,1-10H3. The van der Waals surface area contributed by atoms with E-state index < -0.39 is 144 Å². The molecule has 48 nitrogen and oxygen atoms in total. The molecule has 0 rings (SSSR count). The van der Waals surface area contributed by atoms with Crippen LogP contribution in [-0.4, -0.2) is 400 Å². The topological polar surface area (TPSA) is 443 Å². The molecule has 0 unspecified atom stereocenters. The van der Waals surface area contributed by atoms with Gasteiger partial charge in [-0.3, -0.25) is 0 Å². The summed E-state index contributed by atoms with van der Waals surface area (Å²) in [5.41, 5.74) is 0. The van der Waals surface area contributed by atoms with Crippen LogP contribution in [-0.2, 0) is 209 Å². The average molecular weight is 2030 g/mol. The molecule has 64 heteroatoms. The zero-order chi connectivity index (χ0) is 92.5. The van der Waals surface area contributed by atoms with Crippen LogP contribution in [0, 0.1) is 0 Å². The maximum Gasteiger partial charge on any atom is 0.671 e. The number of hydrogen-bond acceptors (Lipinski definition) is 48. The summed E-state index contributed by atoms with van der Waals surface area (Å²) in [6, 6.07) is 1.25. The molecule has 0 aliphatic rings. The first-order chi connectivity index (χ1) is 56.4. The smallest absolute Gasteiger partial charge is 0.355 e. The van der Waals surface area contributed by atoms with Crippen molar-refractivity contribution < 1.29 is 209 Å². The van der Waals surface area contributed by atoms with Crippen LogP contribution in [0.4, 0.5) is 0 Å². The maximum atomic E-state index is 6.36. The molecule has 0 aliphatic carbocycles. The predicted molar refractivity (Wildman–Crippen MR) is 450 cm³/mol. The minimum Gasteiger partial charge on any atom is -0.355 e. The highest BCUT2D eigenvalue weighted by Gasteiger charge is 2.71. The maximum absolute atomic E-state index is 6.36. The van der Waals surface area contributed by atoms with Gasteiger partial charge in [0.1, 0.15) is 0 Å². The molecule has 0 saturated heterocycles. The summed E-state index contributed by atoms with van der Waals surface area (Å²) in [7, 11) is -8.78. The molecule has 0 spiro atoms. The molecule has 722 valence electrons. The molecule has 0 N–H and O–H groups in total. The average Bonchev–Trinajstić information content (AvgIpc) is 0.792. The Bertz CT molecular complexity index is 2100. The fourth-order valence-electron chi connectivity index (χ4n) is 9.88. The van der Waals surface area contributed by atoms with Crippen molar-refractivity contribution >= 4 is 144 Å². The highest BCUT2D eigenvalue weighted by Crippen LogP contribution is 2.38. The van der Waals surface area contributed by atoms with Crippen LogP contribution in [0.1, 0.15) is 98.3 Å². The Balaban J connectivity index is -0.000000742. The second kappa shape index (κ2) is 65.2.